The van der Waals surface area contributed by atoms with Gasteiger partial charge in [0, 0.05) is 63.1 Å². The average Bonchev–Trinajstić information content (AvgIpc) is 2.86. The van der Waals surface area contributed by atoms with Crippen molar-refractivity contribution in [2.75, 3.05) is 57.7 Å². The van der Waals surface area contributed by atoms with Crippen molar-refractivity contribution in [2.24, 2.45) is 17.3 Å². The zero-order chi connectivity index (χ0) is 25.7. The molecular weight excluding hydrogens is 474 g/mol. The number of hydrogen-bond donors (Lipinski definition) is 2. The molecule has 1 heterocycles. The normalized spacial score (nSPS) is 22.9. The van der Waals surface area contributed by atoms with E-state index in [-0.39, 0.29) is 12.1 Å². The van der Waals surface area contributed by atoms with Crippen molar-refractivity contribution in [3.05, 3.63) is 40.9 Å². The molecule has 1 saturated heterocycles. The van der Waals surface area contributed by atoms with Crippen LogP contribution in [0.3, 0.4) is 0 Å². The number of carbonyl (C=O) groups excluding carboxylic acids is 2. The van der Waals surface area contributed by atoms with Crippen molar-refractivity contribution in [3.63, 3.8) is 0 Å². The van der Waals surface area contributed by atoms with Crippen molar-refractivity contribution in [1.82, 2.24) is 20.0 Å². The van der Waals surface area contributed by atoms with Gasteiger partial charge in [-0.3, -0.25) is 4.90 Å². The minimum absolute atomic E-state index is 0.0382. The maximum atomic E-state index is 13.4. The molecule has 2 N–H and O–H groups in total. The highest BCUT2D eigenvalue weighted by Gasteiger charge is 2.51. The first kappa shape index (κ1) is 26.8. The van der Waals surface area contributed by atoms with Crippen LogP contribution in [0.5, 0.6) is 0 Å². The van der Waals surface area contributed by atoms with Gasteiger partial charge in [0.15, 0.2) is 0 Å². The summed E-state index contributed by atoms with van der Waals surface area (Å²) in [6, 6.07) is 7.25. The number of anilines is 1. The molecule has 2 unspecified atom stereocenters. The fourth-order valence-electron chi connectivity index (χ4n) is 5.82. The van der Waals surface area contributed by atoms with Gasteiger partial charge < -0.3 is 20.4 Å². The highest BCUT2D eigenvalue weighted by molar-refractivity contribution is 6.30. The van der Waals surface area contributed by atoms with Crippen LogP contribution in [-0.2, 0) is 0 Å². The Morgan fingerprint density at radius 3 is 2.64 bits per heavy atom. The van der Waals surface area contributed by atoms with Crippen LogP contribution in [0.4, 0.5) is 15.3 Å². The number of nitrogens with one attached hydrogen (secondary N) is 2. The third kappa shape index (κ3) is 6.35. The van der Waals surface area contributed by atoms with Crippen LogP contribution in [0.15, 0.2) is 35.9 Å². The van der Waals surface area contributed by atoms with Crippen molar-refractivity contribution in [2.45, 2.75) is 46.5 Å². The number of amides is 4. The lowest BCUT2D eigenvalue weighted by atomic mass is 9.49. The largest absolute Gasteiger partial charge is 0.338 e. The lowest BCUT2D eigenvalue weighted by Crippen LogP contribution is -2.54. The molecule has 1 saturated carbocycles. The zero-order valence-electron chi connectivity index (χ0n) is 22.1. The van der Waals surface area contributed by atoms with Crippen LogP contribution < -0.4 is 10.6 Å². The van der Waals surface area contributed by atoms with Crippen LogP contribution >= 0.6 is 11.6 Å². The van der Waals surface area contributed by atoms with E-state index in [0.717, 1.165) is 64.4 Å². The highest BCUT2D eigenvalue weighted by Crippen LogP contribution is 2.59. The van der Waals surface area contributed by atoms with Gasteiger partial charge in [-0.15, -0.1) is 0 Å². The quantitative estimate of drug-likeness (QED) is 0.346. The van der Waals surface area contributed by atoms with Gasteiger partial charge in [0.2, 0.25) is 0 Å². The standard InChI is InChI=1S/C28H42ClN5O2/c1-4-5-11-30-26(35)33-15-12-32(13-16-33)14-17-34(27(36)31-24-8-6-7-23(29)19-24)20-21-9-10-22-18-25(21)28(22,2)3/h6-9,19,22,25H,4-5,10-18,20H2,1-3H3,(H,30,35)(H,31,36). The third-order valence-electron chi connectivity index (χ3n) is 8.47. The Hall–Kier alpha value is -2.25. The molecular formula is C28H42ClN5O2. The lowest BCUT2D eigenvalue weighted by molar-refractivity contribution is -0.00969. The van der Waals surface area contributed by atoms with Gasteiger partial charge in [-0.1, -0.05) is 56.5 Å². The molecule has 2 atom stereocenters. The first-order valence-electron chi connectivity index (χ1n) is 13.5. The number of rotatable bonds is 9. The van der Waals surface area contributed by atoms with Crippen LogP contribution in [-0.4, -0.2) is 79.1 Å². The molecule has 4 aliphatic rings. The van der Waals surface area contributed by atoms with Gasteiger partial charge >= 0.3 is 12.1 Å². The zero-order valence-corrected chi connectivity index (χ0v) is 22.8. The summed E-state index contributed by atoms with van der Waals surface area (Å²) in [5, 5.41) is 6.67. The molecule has 4 amide bonds. The summed E-state index contributed by atoms with van der Waals surface area (Å²) in [5.41, 5.74) is 2.44. The number of unbranched alkanes of at least 4 members (excludes halogenated alkanes) is 1. The average molecular weight is 516 g/mol. The van der Waals surface area contributed by atoms with Gasteiger partial charge in [-0.05, 0) is 54.7 Å². The summed E-state index contributed by atoms with van der Waals surface area (Å²) in [6.07, 6.45) is 6.81. The predicted molar refractivity (Wildman–Crippen MR) is 146 cm³/mol. The second kappa shape index (κ2) is 11.9. The molecule has 0 radical (unpaired) electrons. The summed E-state index contributed by atoms with van der Waals surface area (Å²) >= 11 is 6.14. The number of urea groups is 2. The summed E-state index contributed by atoms with van der Waals surface area (Å²) in [5.74, 6) is 1.34. The van der Waals surface area contributed by atoms with Crippen molar-refractivity contribution < 1.29 is 9.59 Å². The van der Waals surface area contributed by atoms with E-state index in [1.165, 1.54) is 12.0 Å². The monoisotopic (exact) mass is 515 g/mol. The first-order valence-corrected chi connectivity index (χ1v) is 13.9. The Bertz CT molecular complexity index is 957. The maximum absolute atomic E-state index is 13.4. The van der Waals surface area contributed by atoms with Crippen LogP contribution in [0.2, 0.25) is 5.02 Å². The Morgan fingerprint density at radius 1 is 1.19 bits per heavy atom. The smallest absolute Gasteiger partial charge is 0.322 e. The van der Waals surface area contributed by atoms with Gasteiger partial charge in [0.25, 0.3) is 0 Å². The van der Waals surface area contributed by atoms with E-state index in [1.807, 2.05) is 21.9 Å². The van der Waals surface area contributed by atoms with Gasteiger partial charge in [0.1, 0.15) is 0 Å². The molecule has 198 valence electrons. The number of nitrogens with zero attached hydrogens (tertiary/aromatic N) is 3. The minimum Gasteiger partial charge on any atom is -0.338 e. The van der Waals surface area contributed by atoms with E-state index in [0.29, 0.717) is 35.1 Å². The molecule has 3 aliphatic carbocycles. The molecule has 8 heteroatoms. The van der Waals surface area contributed by atoms with E-state index in [2.05, 4.69) is 42.4 Å². The molecule has 36 heavy (non-hydrogen) atoms. The fraction of sp³-hybridized carbons (Fsp3) is 0.643. The van der Waals surface area contributed by atoms with Gasteiger partial charge in [-0.2, -0.15) is 0 Å². The summed E-state index contributed by atoms with van der Waals surface area (Å²) < 4.78 is 0. The van der Waals surface area contributed by atoms with Gasteiger partial charge in [0.05, 0.1) is 0 Å². The van der Waals surface area contributed by atoms with E-state index in [4.69, 9.17) is 11.6 Å². The molecule has 2 fully saturated rings. The molecule has 0 aromatic heterocycles. The number of piperazine rings is 1. The number of halogens is 1. The SMILES string of the molecule is CCCCNC(=O)N1CCN(CCN(CC2=CCC3CC2C3(C)C)C(=O)Nc2cccc(Cl)c2)CC1. The van der Waals surface area contributed by atoms with Crippen molar-refractivity contribution >= 4 is 29.4 Å². The van der Waals surface area contributed by atoms with E-state index in [1.54, 1.807) is 12.1 Å². The highest BCUT2D eigenvalue weighted by atomic mass is 35.5. The van der Waals surface area contributed by atoms with Crippen molar-refractivity contribution in [3.8, 4) is 0 Å². The number of benzene rings is 1. The molecule has 2 bridgehead atoms. The molecule has 1 aromatic carbocycles. The van der Waals surface area contributed by atoms with Crippen LogP contribution in [0.1, 0.15) is 46.5 Å². The summed E-state index contributed by atoms with van der Waals surface area (Å²) in [4.78, 5) is 31.9. The lowest BCUT2D eigenvalue weighted by Gasteiger charge is -2.57. The Kier molecular flexibility index (Phi) is 8.83. The Balaban J connectivity index is 1.34. The second-order valence-corrected chi connectivity index (χ2v) is 11.5. The van der Waals surface area contributed by atoms with Crippen LogP contribution in [0, 0.1) is 17.3 Å². The predicted octanol–water partition coefficient (Wildman–Crippen LogP) is 5.29. The third-order valence-corrected chi connectivity index (χ3v) is 8.71. The van der Waals surface area contributed by atoms with Crippen molar-refractivity contribution in [1.29, 1.82) is 0 Å². The molecule has 0 spiro atoms. The number of hydrogen-bond acceptors (Lipinski definition) is 3. The molecule has 1 aliphatic heterocycles. The number of allylic oxidation sites excluding steroid dienone is 1. The maximum Gasteiger partial charge on any atom is 0.322 e. The van der Waals surface area contributed by atoms with E-state index < -0.39 is 0 Å². The van der Waals surface area contributed by atoms with E-state index >= 15 is 0 Å². The number of fused-ring (bicyclic) bond motifs is 1. The Morgan fingerprint density at radius 2 is 1.97 bits per heavy atom. The molecule has 7 nitrogen and oxygen atoms in total. The molecule has 1 aromatic rings. The number of carbonyl (C=O) groups is 2. The topological polar surface area (TPSA) is 67.9 Å². The van der Waals surface area contributed by atoms with Gasteiger partial charge in [-0.25, -0.2) is 9.59 Å². The first-order chi connectivity index (χ1) is 17.3. The second-order valence-electron chi connectivity index (χ2n) is 11.1. The van der Waals surface area contributed by atoms with Crippen LogP contribution in [0.25, 0.3) is 0 Å². The Labute approximate surface area is 221 Å². The van der Waals surface area contributed by atoms with E-state index in [9.17, 15) is 9.59 Å². The summed E-state index contributed by atoms with van der Waals surface area (Å²) in [7, 11) is 0. The summed E-state index contributed by atoms with van der Waals surface area (Å²) in [6.45, 7) is 12.8. The minimum atomic E-state index is -0.0913. The molecule has 5 rings (SSSR count). The fourth-order valence-corrected chi connectivity index (χ4v) is 6.01.